The molecule has 9 nitrogen and oxygen atoms in total. The molecule has 1 N–H and O–H groups in total. The van der Waals surface area contributed by atoms with Gasteiger partial charge in [0.1, 0.15) is 11.3 Å². The van der Waals surface area contributed by atoms with Gasteiger partial charge in [0, 0.05) is 25.7 Å². The van der Waals surface area contributed by atoms with E-state index in [2.05, 4.69) is 5.32 Å². The van der Waals surface area contributed by atoms with Crippen LogP contribution in [0.4, 0.5) is 16.2 Å². The Hall–Kier alpha value is -2.84. The Morgan fingerprint density at radius 3 is 2.69 bits per heavy atom. The molecule has 1 saturated heterocycles. The molecule has 0 aliphatic carbocycles. The molecule has 1 aliphatic heterocycles. The Morgan fingerprint density at radius 1 is 1.34 bits per heavy atom. The molecule has 160 valence electrons. The van der Waals surface area contributed by atoms with Crippen molar-refractivity contribution >= 4 is 23.4 Å². The number of ether oxygens (including phenoxy) is 2. The smallest absolute Gasteiger partial charge is 0.407 e. The van der Waals surface area contributed by atoms with E-state index in [4.69, 9.17) is 9.47 Å². The molecule has 29 heavy (non-hydrogen) atoms. The van der Waals surface area contributed by atoms with Gasteiger partial charge in [-0.15, -0.1) is 0 Å². The van der Waals surface area contributed by atoms with Crippen LogP contribution < -0.4 is 10.2 Å². The molecular weight excluding hydrogens is 378 g/mol. The number of hydrogen-bond acceptors (Lipinski definition) is 7. The summed E-state index contributed by atoms with van der Waals surface area (Å²) in [7, 11) is 1.28. The maximum Gasteiger partial charge on any atom is 0.407 e. The van der Waals surface area contributed by atoms with E-state index in [1.165, 1.54) is 25.3 Å². The highest BCUT2D eigenvalue weighted by Gasteiger charge is 2.27. The first-order valence-electron chi connectivity index (χ1n) is 9.69. The number of alkyl carbamates (subject to hydrolysis) is 1. The third-order valence-corrected chi connectivity index (χ3v) is 4.67. The fourth-order valence-corrected chi connectivity index (χ4v) is 3.39. The Balaban J connectivity index is 2.03. The molecule has 0 radical (unpaired) electrons. The molecule has 0 saturated carbocycles. The first-order chi connectivity index (χ1) is 13.6. The van der Waals surface area contributed by atoms with Gasteiger partial charge in [-0.2, -0.15) is 0 Å². The summed E-state index contributed by atoms with van der Waals surface area (Å²) < 4.78 is 9.96. The van der Waals surface area contributed by atoms with Gasteiger partial charge >= 0.3 is 12.1 Å². The van der Waals surface area contributed by atoms with E-state index in [1.807, 2.05) is 4.90 Å². The van der Waals surface area contributed by atoms with Crippen molar-refractivity contribution in [1.82, 2.24) is 5.32 Å². The standard InChI is InChI=1S/C20H29N3O6/c1-20(2,3)29-19(25)21-10-9-14-6-5-11-22(13-14)17-12-15(18(24)28-4)7-8-16(17)23(26)27/h7-8,12,14H,5-6,9-11,13H2,1-4H3,(H,21,25). The number of anilines is 1. The van der Waals surface area contributed by atoms with Crippen LogP contribution in [0.1, 0.15) is 50.4 Å². The number of rotatable bonds is 6. The van der Waals surface area contributed by atoms with Gasteiger partial charge < -0.3 is 19.7 Å². The summed E-state index contributed by atoms with van der Waals surface area (Å²) in [6, 6.07) is 4.26. The average Bonchev–Trinajstić information content (AvgIpc) is 2.65. The topological polar surface area (TPSA) is 111 Å². The van der Waals surface area contributed by atoms with E-state index in [0.717, 1.165) is 19.3 Å². The molecule has 0 aromatic heterocycles. The molecule has 9 heteroatoms. The van der Waals surface area contributed by atoms with Gasteiger partial charge in [0.25, 0.3) is 5.69 Å². The first-order valence-corrected chi connectivity index (χ1v) is 9.69. The number of nitro groups is 1. The van der Waals surface area contributed by atoms with Crippen LogP contribution in [-0.4, -0.2) is 49.3 Å². The Labute approximate surface area is 170 Å². The summed E-state index contributed by atoms with van der Waals surface area (Å²) in [5.74, 6) is -0.267. The molecular formula is C20H29N3O6. The highest BCUT2D eigenvalue weighted by atomic mass is 16.6. The lowest BCUT2D eigenvalue weighted by molar-refractivity contribution is -0.384. The summed E-state index contributed by atoms with van der Waals surface area (Å²) in [5, 5.41) is 14.2. The molecule has 1 unspecified atom stereocenters. The van der Waals surface area contributed by atoms with E-state index in [9.17, 15) is 19.7 Å². The number of carbonyl (C=O) groups excluding carboxylic acids is 2. The predicted octanol–water partition coefficient (Wildman–Crippen LogP) is 3.51. The molecule has 1 fully saturated rings. The number of carbonyl (C=O) groups is 2. The van der Waals surface area contributed by atoms with E-state index in [0.29, 0.717) is 25.3 Å². The molecule has 2 rings (SSSR count). The van der Waals surface area contributed by atoms with Gasteiger partial charge in [0.15, 0.2) is 0 Å². The summed E-state index contributed by atoms with van der Waals surface area (Å²) >= 11 is 0. The summed E-state index contributed by atoms with van der Waals surface area (Å²) in [6.07, 6.45) is 2.13. The minimum Gasteiger partial charge on any atom is -0.465 e. The first kappa shape index (κ1) is 22.4. The monoisotopic (exact) mass is 407 g/mol. The number of amides is 1. The molecule has 1 amide bonds. The van der Waals surface area contributed by atoms with Crippen LogP contribution in [0.3, 0.4) is 0 Å². The van der Waals surface area contributed by atoms with Gasteiger partial charge in [-0.25, -0.2) is 9.59 Å². The number of nitro benzene ring substituents is 1. The number of nitrogens with one attached hydrogen (secondary N) is 1. The zero-order valence-electron chi connectivity index (χ0n) is 17.4. The predicted molar refractivity (Wildman–Crippen MR) is 108 cm³/mol. The second-order valence-electron chi connectivity index (χ2n) is 8.12. The molecule has 1 aromatic rings. The summed E-state index contributed by atoms with van der Waals surface area (Å²) in [6.45, 7) is 7.17. The normalized spacial score (nSPS) is 16.8. The highest BCUT2D eigenvalue weighted by Crippen LogP contribution is 2.33. The fraction of sp³-hybridized carbons (Fsp3) is 0.600. The van der Waals surface area contributed by atoms with Crippen molar-refractivity contribution in [2.45, 2.75) is 45.6 Å². The van der Waals surface area contributed by atoms with Gasteiger partial charge in [0.2, 0.25) is 0 Å². The molecule has 1 heterocycles. The maximum absolute atomic E-state index is 11.8. The Bertz CT molecular complexity index is 759. The van der Waals surface area contributed by atoms with Crippen molar-refractivity contribution in [3.63, 3.8) is 0 Å². The van der Waals surface area contributed by atoms with E-state index in [1.54, 1.807) is 20.8 Å². The van der Waals surface area contributed by atoms with Crippen LogP contribution in [0.2, 0.25) is 0 Å². The lowest BCUT2D eigenvalue weighted by Gasteiger charge is -2.34. The van der Waals surface area contributed by atoms with Crippen LogP contribution in [-0.2, 0) is 9.47 Å². The zero-order chi connectivity index (χ0) is 21.6. The van der Waals surface area contributed by atoms with Crippen molar-refractivity contribution in [2.24, 2.45) is 5.92 Å². The third-order valence-electron chi connectivity index (χ3n) is 4.67. The number of methoxy groups -OCH3 is 1. The van der Waals surface area contributed by atoms with Gasteiger partial charge in [-0.1, -0.05) is 0 Å². The molecule has 1 aromatic carbocycles. The SMILES string of the molecule is COC(=O)c1ccc([N+](=O)[O-])c(N2CCCC(CCNC(=O)OC(C)(C)C)C2)c1. The largest absolute Gasteiger partial charge is 0.465 e. The van der Waals surface area contributed by atoms with Gasteiger partial charge in [-0.05, 0) is 58.1 Å². The van der Waals surface area contributed by atoms with Crippen LogP contribution in [0.25, 0.3) is 0 Å². The Morgan fingerprint density at radius 2 is 2.07 bits per heavy atom. The molecule has 0 spiro atoms. The van der Waals surface area contributed by atoms with Crippen molar-refractivity contribution in [3.8, 4) is 0 Å². The van der Waals surface area contributed by atoms with Crippen LogP contribution in [0.5, 0.6) is 0 Å². The minimum absolute atomic E-state index is 0.0369. The number of esters is 1. The Kier molecular flexibility index (Phi) is 7.41. The van der Waals surface area contributed by atoms with Crippen LogP contribution in [0.15, 0.2) is 18.2 Å². The van der Waals surface area contributed by atoms with E-state index in [-0.39, 0.29) is 17.2 Å². The third kappa shape index (κ3) is 6.62. The van der Waals surface area contributed by atoms with E-state index >= 15 is 0 Å². The quantitative estimate of drug-likeness (QED) is 0.436. The van der Waals surface area contributed by atoms with Gasteiger partial charge in [0.05, 0.1) is 17.6 Å². The van der Waals surface area contributed by atoms with Crippen LogP contribution >= 0.6 is 0 Å². The number of nitrogens with zero attached hydrogens (tertiary/aromatic N) is 2. The van der Waals surface area contributed by atoms with Crippen molar-refractivity contribution < 1.29 is 24.0 Å². The molecule has 1 atom stereocenters. The fourth-order valence-electron chi connectivity index (χ4n) is 3.39. The average molecular weight is 407 g/mol. The van der Waals surface area contributed by atoms with Crippen molar-refractivity contribution in [2.75, 3.05) is 31.6 Å². The lowest BCUT2D eigenvalue weighted by atomic mass is 9.94. The maximum atomic E-state index is 11.8. The lowest BCUT2D eigenvalue weighted by Crippen LogP contribution is -2.38. The number of benzene rings is 1. The second-order valence-corrected chi connectivity index (χ2v) is 8.12. The zero-order valence-corrected chi connectivity index (χ0v) is 17.4. The second kappa shape index (κ2) is 9.58. The molecule has 0 bridgehead atoms. The van der Waals surface area contributed by atoms with Gasteiger partial charge in [-0.3, -0.25) is 10.1 Å². The summed E-state index contributed by atoms with van der Waals surface area (Å²) in [4.78, 5) is 36.6. The number of piperidine rings is 1. The van der Waals surface area contributed by atoms with E-state index < -0.39 is 22.6 Å². The minimum atomic E-state index is -0.546. The van der Waals surface area contributed by atoms with Crippen molar-refractivity contribution in [1.29, 1.82) is 0 Å². The molecule has 1 aliphatic rings. The highest BCUT2D eigenvalue weighted by molar-refractivity contribution is 5.91. The van der Waals surface area contributed by atoms with Crippen molar-refractivity contribution in [3.05, 3.63) is 33.9 Å². The summed E-state index contributed by atoms with van der Waals surface area (Å²) in [5.41, 5.74) is 0.115. The van der Waals surface area contributed by atoms with Crippen LogP contribution in [0, 0.1) is 16.0 Å². The number of hydrogen-bond donors (Lipinski definition) is 1.